The van der Waals surface area contributed by atoms with Gasteiger partial charge in [-0.2, -0.15) is 0 Å². The van der Waals surface area contributed by atoms with E-state index in [-0.39, 0.29) is 5.91 Å². The number of thiophene rings is 1. The van der Waals surface area contributed by atoms with Crippen molar-refractivity contribution in [1.82, 2.24) is 14.9 Å². The first-order chi connectivity index (χ1) is 9.33. The molecule has 0 fully saturated rings. The average molecular weight is 319 g/mol. The summed E-state index contributed by atoms with van der Waals surface area (Å²) in [5.74, 6) is -0.00688. The zero-order chi connectivity index (χ0) is 15.2. The van der Waals surface area contributed by atoms with Crippen LogP contribution in [0.4, 0.5) is 0 Å². The second kappa shape index (κ2) is 7.72. The molecule has 1 amide bonds. The molecule has 8 heteroatoms. The van der Waals surface area contributed by atoms with E-state index in [2.05, 4.69) is 10.0 Å². The van der Waals surface area contributed by atoms with Gasteiger partial charge in [-0.05, 0) is 25.6 Å². The van der Waals surface area contributed by atoms with Gasteiger partial charge in [-0.15, -0.1) is 11.3 Å². The van der Waals surface area contributed by atoms with Crippen molar-refractivity contribution in [2.45, 2.75) is 6.42 Å². The number of nitrogens with zero attached hydrogens (tertiary/aromatic N) is 1. The fourth-order valence-electron chi connectivity index (χ4n) is 1.56. The Hall–Kier alpha value is -0.960. The summed E-state index contributed by atoms with van der Waals surface area (Å²) in [5.41, 5.74) is 0. The molecule has 0 unspecified atom stereocenters. The molecular formula is C12H21N3O3S2. The molecule has 0 aliphatic carbocycles. The van der Waals surface area contributed by atoms with Crippen LogP contribution in [-0.2, 0) is 16.4 Å². The lowest BCUT2D eigenvalue weighted by Gasteiger charge is -2.15. The fourth-order valence-corrected chi connectivity index (χ4v) is 3.03. The first-order valence-electron chi connectivity index (χ1n) is 6.27. The summed E-state index contributed by atoms with van der Waals surface area (Å²) >= 11 is 1.41. The Balaban J connectivity index is 2.52. The summed E-state index contributed by atoms with van der Waals surface area (Å²) in [7, 11) is 0.457. The molecule has 114 valence electrons. The molecule has 0 atom stereocenters. The van der Waals surface area contributed by atoms with Gasteiger partial charge in [0.25, 0.3) is 5.91 Å². The first-order valence-corrected chi connectivity index (χ1v) is 8.97. The highest BCUT2D eigenvalue weighted by Gasteiger charge is 2.13. The van der Waals surface area contributed by atoms with Crippen LogP contribution in [0, 0.1) is 0 Å². The van der Waals surface area contributed by atoms with Crippen molar-refractivity contribution in [3.8, 4) is 0 Å². The van der Waals surface area contributed by atoms with Gasteiger partial charge in [-0.1, -0.05) is 0 Å². The Morgan fingerprint density at radius 2 is 2.05 bits per heavy atom. The van der Waals surface area contributed by atoms with Crippen molar-refractivity contribution in [1.29, 1.82) is 0 Å². The average Bonchev–Trinajstić information content (AvgIpc) is 2.82. The number of sulfonamides is 1. The third kappa shape index (κ3) is 6.00. The van der Waals surface area contributed by atoms with E-state index in [0.29, 0.717) is 24.4 Å². The van der Waals surface area contributed by atoms with Crippen LogP contribution < -0.4 is 10.0 Å². The molecule has 0 saturated heterocycles. The maximum Gasteiger partial charge on any atom is 0.263 e. The fraction of sp³-hybridized carbons (Fsp3) is 0.583. The monoisotopic (exact) mass is 319 g/mol. The molecule has 1 heterocycles. The van der Waals surface area contributed by atoms with Gasteiger partial charge in [0.15, 0.2) is 0 Å². The Bertz CT molecular complexity index is 540. The van der Waals surface area contributed by atoms with E-state index in [1.54, 1.807) is 18.0 Å². The Morgan fingerprint density at radius 1 is 1.35 bits per heavy atom. The lowest BCUT2D eigenvalue weighted by atomic mass is 10.3. The van der Waals surface area contributed by atoms with Crippen molar-refractivity contribution in [2.75, 3.05) is 40.0 Å². The zero-order valence-electron chi connectivity index (χ0n) is 12.0. The highest BCUT2D eigenvalue weighted by Crippen LogP contribution is 2.18. The number of carbonyl (C=O) groups is 1. The number of likely N-dealkylation sites (N-methyl/N-ethyl adjacent to an activating group) is 2. The Kier molecular flexibility index (Phi) is 6.60. The number of hydrogen-bond acceptors (Lipinski definition) is 5. The molecule has 0 saturated carbocycles. The molecule has 0 aliphatic heterocycles. The number of rotatable bonds is 8. The van der Waals surface area contributed by atoms with E-state index in [0.717, 1.165) is 17.7 Å². The Morgan fingerprint density at radius 3 is 2.65 bits per heavy atom. The van der Waals surface area contributed by atoms with Gasteiger partial charge in [0.1, 0.15) is 0 Å². The molecule has 0 radical (unpaired) electrons. The Labute approximate surface area is 124 Å². The van der Waals surface area contributed by atoms with Gasteiger partial charge >= 0.3 is 0 Å². The smallest absolute Gasteiger partial charge is 0.263 e. The second-order valence-electron chi connectivity index (χ2n) is 4.51. The topological polar surface area (TPSA) is 78.5 Å². The minimum atomic E-state index is -3.15. The highest BCUT2D eigenvalue weighted by molar-refractivity contribution is 7.88. The third-order valence-corrected chi connectivity index (χ3v) is 4.51. The van der Waals surface area contributed by atoms with Crippen LogP contribution in [0.2, 0.25) is 0 Å². The molecule has 1 rings (SSSR count). The standard InChI is InChI=1S/C12H21N3O3S2/c1-13-8-9-15(2)12(16)11-5-4-10(19-11)6-7-14-20(3,17)18/h4-5,13-14H,6-9H2,1-3H3. The number of hydrogen-bond donors (Lipinski definition) is 2. The molecule has 6 nitrogen and oxygen atoms in total. The number of nitrogens with one attached hydrogen (secondary N) is 2. The van der Waals surface area contributed by atoms with E-state index in [9.17, 15) is 13.2 Å². The van der Waals surface area contributed by atoms with Crippen molar-refractivity contribution in [3.05, 3.63) is 21.9 Å². The molecule has 0 aromatic carbocycles. The lowest BCUT2D eigenvalue weighted by molar-refractivity contribution is 0.0801. The highest BCUT2D eigenvalue weighted by atomic mass is 32.2. The van der Waals surface area contributed by atoms with Crippen LogP contribution in [-0.4, -0.2) is 59.2 Å². The minimum absolute atomic E-state index is 0.00688. The predicted molar refractivity (Wildman–Crippen MR) is 81.8 cm³/mol. The van der Waals surface area contributed by atoms with Gasteiger partial charge < -0.3 is 10.2 Å². The predicted octanol–water partition coefficient (Wildman–Crippen LogP) is 0.131. The van der Waals surface area contributed by atoms with E-state index in [4.69, 9.17) is 0 Å². The quantitative estimate of drug-likeness (QED) is 0.714. The molecule has 2 N–H and O–H groups in total. The third-order valence-electron chi connectivity index (χ3n) is 2.65. The summed E-state index contributed by atoms with van der Waals surface area (Å²) in [6, 6.07) is 3.66. The summed E-state index contributed by atoms with van der Waals surface area (Å²) in [6.45, 7) is 1.75. The molecule has 1 aromatic rings. The normalized spacial score (nSPS) is 11.6. The molecular weight excluding hydrogens is 298 g/mol. The van der Waals surface area contributed by atoms with E-state index < -0.39 is 10.0 Å². The minimum Gasteiger partial charge on any atom is -0.340 e. The second-order valence-corrected chi connectivity index (χ2v) is 7.51. The SMILES string of the molecule is CNCCN(C)C(=O)c1ccc(CCNS(C)(=O)=O)s1. The number of amides is 1. The maximum absolute atomic E-state index is 12.1. The summed E-state index contributed by atoms with van der Waals surface area (Å²) < 4.78 is 24.3. The van der Waals surface area contributed by atoms with E-state index in [1.807, 2.05) is 13.1 Å². The number of carbonyl (C=O) groups excluding carboxylic acids is 1. The van der Waals surface area contributed by atoms with Gasteiger partial charge in [0.05, 0.1) is 11.1 Å². The molecule has 0 bridgehead atoms. The van der Waals surface area contributed by atoms with Crippen LogP contribution >= 0.6 is 11.3 Å². The molecule has 20 heavy (non-hydrogen) atoms. The van der Waals surface area contributed by atoms with Crippen LogP contribution in [0.15, 0.2) is 12.1 Å². The maximum atomic E-state index is 12.1. The zero-order valence-corrected chi connectivity index (χ0v) is 13.6. The molecule has 0 spiro atoms. The summed E-state index contributed by atoms with van der Waals surface area (Å²) in [5, 5.41) is 3.00. The summed E-state index contributed by atoms with van der Waals surface area (Å²) in [4.78, 5) is 15.4. The van der Waals surface area contributed by atoms with Crippen LogP contribution in [0.1, 0.15) is 14.5 Å². The summed E-state index contributed by atoms with van der Waals surface area (Å²) in [6.07, 6.45) is 1.72. The van der Waals surface area contributed by atoms with Crippen molar-refractivity contribution >= 4 is 27.3 Å². The molecule has 1 aromatic heterocycles. The van der Waals surface area contributed by atoms with Crippen LogP contribution in [0.25, 0.3) is 0 Å². The van der Waals surface area contributed by atoms with E-state index in [1.165, 1.54) is 11.3 Å². The van der Waals surface area contributed by atoms with Crippen molar-refractivity contribution < 1.29 is 13.2 Å². The molecule has 0 aliphatic rings. The van der Waals surface area contributed by atoms with Crippen molar-refractivity contribution in [2.24, 2.45) is 0 Å². The van der Waals surface area contributed by atoms with Crippen LogP contribution in [0.5, 0.6) is 0 Å². The lowest BCUT2D eigenvalue weighted by Crippen LogP contribution is -2.32. The van der Waals surface area contributed by atoms with Crippen LogP contribution in [0.3, 0.4) is 0 Å². The van der Waals surface area contributed by atoms with Gasteiger partial charge in [-0.3, -0.25) is 4.79 Å². The van der Waals surface area contributed by atoms with Gasteiger partial charge in [0.2, 0.25) is 10.0 Å². The first kappa shape index (κ1) is 17.1. The van der Waals surface area contributed by atoms with Gasteiger partial charge in [-0.25, -0.2) is 13.1 Å². The van der Waals surface area contributed by atoms with E-state index >= 15 is 0 Å². The largest absolute Gasteiger partial charge is 0.340 e. The van der Waals surface area contributed by atoms with Crippen molar-refractivity contribution in [3.63, 3.8) is 0 Å². The van der Waals surface area contributed by atoms with Gasteiger partial charge in [0, 0.05) is 31.6 Å².